The van der Waals surface area contributed by atoms with E-state index in [-0.39, 0.29) is 32.3 Å². The summed E-state index contributed by atoms with van der Waals surface area (Å²) in [7, 11) is 0. The number of nitrogens with one attached hydrogen (secondary N) is 1. The molecule has 202 valence electrons. The Bertz CT molecular complexity index is 967. The number of rotatable bonds is 9. The molecule has 0 amide bonds. The number of carboxylic acids is 3. The molecule has 4 N–H and O–H groups in total. The largest absolute Gasteiger partial charge is 0.480 e. The van der Waals surface area contributed by atoms with Crippen LogP contribution in [0.25, 0.3) is 0 Å². The number of hydrogen-bond donors (Lipinski definition) is 4. The number of aliphatic carboxylic acids is 3. The highest BCUT2D eigenvalue weighted by molar-refractivity contribution is 7.78. The van der Waals surface area contributed by atoms with Crippen LogP contribution in [0.1, 0.15) is 5.56 Å². The van der Waals surface area contributed by atoms with Crippen molar-refractivity contribution in [3.63, 3.8) is 0 Å². The third-order valence-corrected chi connectivity index (χ3v) is 5.52. The molecule has 12 nitrogen and oxygen atoms in total. The Hall–Kier alpha value is -2.93. The second kappa shape index (κ2) is 18.3. The molecule has 1 aliphatic rings. The predicted molar refractivity (Wildman–Crippen MR) is 142 cm³/mol. The fourth-order valence-corrected chi connectivity index (χ4v) is 3.95. The molecule has 1 aromatic carbocycles. The summed E-state index contributed by atoms with van der Waals surface area (Å²) >= 11 is 8.44. The monoisotopic (exact) mass is 553 g/mol. The van der Waals surface area contributed by atoms with E-state index in [4.69, 9.17) is 10.1 Å². The van der Waals surface area contributed by atoms with Crippen molar-refractivity contribution in [3.8, 4) is 0 Å². The number of isothiocyanates is 2. The molecular formula is C23H31N5O7S2. The molecular weight excluding hydrogens is 522 g/mol. The Morgan fingerprint density at radius 2 is 1.46 bits per heavy atom. The summed E-state index contributed by atoms with van der Waals surface area (Å²) in [5.74, 6) is -2.97. The van der Waals surface area contributed by atoms with Crippen LogP contribution >= 0.6 is 24.4 Å². The summed E-state index contributed by atoms with van der Waals surface area (Å²) < 4.78 is 5.61. The maximum atomic E-state index is 11.7. The molecule has 0 bridgehead atoms. The van der Waals surface area contributed by atoms with Gasteiger partial charge in [0.25, 0.3) is 0 Å². The Kier molecular flexibility index (Phi) is 15.9. The molecule has 1 heterocycles. The van der Waals surface area contributed by atoms with E-state index in [2.05, 4.69) is 34.6 Å². The van der Waals surface area contributed by atoms with Gasteiger partial charge < -0.3 is 20.1 Å². The molecule has 0 spiro atoms. The molecule has 14 heteroatoms. The molecule has 1 fully saturated rings. The van der Waals surface area contributed by atoms with Gasteiger partial charge >= 0.3 is 17.9 Å². The summed E-state index contributed by atoms with van der Waals surface area (Å²) in [6.07, 6.45) is 0.463. The van der Waals surface area contributed by atoms with E-state index >= 15 is 0 Å². The van der Waals surface area contributed by atoms with Gasteiger partial charge in [0.15, 0.2) is 0 Å². The van der Waals surface area contributed by atoms with Crippen molar-refractivity contribution in [2.24, 2.45) is 4.99 Å². The molecule has 1 aliphatic heterocycles. The highest BCUT2D eigenvalue weighted by Gasteiger charge is 2.26. The fraction of sp³-hybridized carbons (Fsp3) is 0.522. The first-order valence-electron chi connectivity index (χ1n) is 11.3. The van der Waals surface area contributed by atoms with Crippen molar-refractivity contribution in [2.45, 2.75) is 12.5 Å². The van der Waals surface area contributed by atoms with Gasteiger partial charge in [-0.1, -0.05) is 12.1 Å². The number of ether oxygens (including phenoxy) is 1. The van der Waals surface area contributed by atoms with Crippen LogP contribution in [0.4, 0.5) is 5.69 Å². The van der Waals surface area contributed by atoms with E-state index < -0.39 is 17.9 Å². The van der Waals surface area contributed by atoms with Gasteiger partial charge in [0, 0.05) is 38.8 Å². The summed E-state index contributed by atoms with van der Waals surface area (Å²) in [5.41, 5.74) is 1.57. The first-order chi connectivity index (χ1) is 17.7. The predicted octanol–water partition coefficient (Wildman–Crippen LogP) is 1.19. The fourth-order valence-electron chi connectivity index (χ4n) is 3.85. The third kappa shape index (κ3) is 14.4. The lowest BCUT2D eigenvalue weighted by Gasteiger charge is -2.36. The first kappa shape index (κ1) is 32.1. The van der Waals surface area contributed by atoms with Crippen LogP contribution in [0, 0.1) is 5.41 Å². The average molecular weight is 554 g/mol. The molecule has 1 aromatic rings. The Labute approximate surface area is 225 Å². The molecule has 1 saturated heterocycles. The summed E-state index contributed by atoms with van der Waals surface area (Å²) in [4.78, 5) is 43.5. The topological polar surface area (TPSA) is 167 Å². The smallest absolute Gasteiger partial charge is 0.317 e. The third-order valence-electron chi connectivity index (χ3n) is 5.43. The SMILES string of the molecule is N=C=S.O=C(O)CN1CCOCCN(CC(=O)O)CC(Cc2ccc(N=C=S)cc2)N(CC(=O)O)CC1. The number of carboxylic acid groups (broad SMARTS) is 3. The van der Waals surface area contributed by atoms with Crippen LogP contribution < -0.4 is 0 Å². The standard InChI is InChI=1S/C22H30N4O7S.CHNS/c27-20(28)13-24-5-6-26(15-22(31)32)19(11-17-1-3-18(4-2-17)23-16-34)12-25(14-21(29)30)8-10-33-9-7-24;2-1-3/h1-4,19H,5-15H2,(H,27,28)(H,29,30)(H,31,32);2H. The Balaban J connectivity index is 0.00000217. The number of thiocarbonyl (C=S) groups is 2. The molecule has 0 saturated carbocycles. The normalized spacial score (nSPS) is 18.0. The van der Waals surface area contributed by atoms with Crippen molar-refractivity contribution in [1.82, 2.24) is 14.7 Å². The lowest BCUT2D eigenvalue weighted by atomic mass is 10.0. The van der Waals surface area contributed by atoms with Crippen molar-refractivity contribution in [1.29, 1.82) is 5.41 Å². The molecule has 1 atom stereocenters. The van der Waals surface area contributed by atoms with Gasteiger partial charge in [-0.3, -0.25) is 29.1 Å². The Morgan fingerprint density at radius 1 is 0.919 bits per heavy atom. The summed E-state index contributed by atoms with van der Waals surface area (Å²) in [6, 6.07) is 6.96. The lowest BCUT2D eigenvalue weighted by molar-refractivity contribution is -0.141. The maximum absolute atomic E-state index is 11.7. The van der Waals surface area contributed by atoms with Crippen LogP contribution in [-0.4, -0.2) is 130 Å². The van der Waals surface area contributed by atoms with Crippen LogP contribution in [0.15, 0.2) is 29.3 Å². The molecule has 2 rings (SSSR count). The van der Waals surface area contributed by atoms with Gasteiger partial charge in [-0.05, 0) is 48.6 Å². The highest BCUT2D eigenvalue weighted by atomic mass is 32.1. The minimum Gasteiger partial charge on any atom is -0.480 e. The van der Waals surface area contributed by atoms with Crippen LogP contribution in [0.2, 0.25) is 0 Å². The minimum atomic E-state index is -1.01. The van der Waals surface area contributed by atoms with Crippen LogP contribution in [0.5, 0.6) is 0 Å². The van der Waals surface area contributed by atoms with E-state index in [0.717, 1.165) is 5.56 Å². The zero-order valence-corrected chi connectivity index (χ0v) is 21.9. The molecule has 37 heavy (non-hydrogen) atoms. The van der Waals surface area contributed by atoms with Gasteiger partial charge in [0.1, 0.15) is 0 Å². The van der Waals surface area contributed by atoms with Gasteiger partial charge in [-0.15, -0.1) is 0 Å². The zero-order valence-electron chi connectivity index (χ0n) is 20.2. The van der Waals surface area contributed by atoms with E-state index in [9.17, 15) is 29.7 Å². The number of nitrogens with zero attached hydrogens (tertiary/aromatic N) is 4. The number of aliphatic imine (C=N–C) groups is 1. The van der Waals surface area contributed by atoms with Gasteiger partial charge in [0.05, 0.1) is 48.9 Å². The average Bonchev–Trinajstić information content (AvgIpc) is 2.81. The lowest BCUT2D eigenvalue weighted by Crippen LogP contribution is -2.52. The van der Waals surface area contributed by atoms with Crippen molar-refractivity contribution in [3.05, 3.63) is 29.8 Å². The van der Waals surface area contributed by atoms with E-state index in [1.54, 1.807) is 32.0 Å². The van der Waals surface area contributed by atoms with E-state index in [1.807, 2.05) is 12.1 Å². The van der Waals surface area contributed by atoms with Gasteiger partial charge in [0.2, 0.25) is 0 Å². The quantitative estimate of drug-likeness (QED) is 0.255. The van der Waals surface area contributed by atoms with Gasteiger partial charge in [-0.25, -0.2) is 5.41 Å². The minimum absolute atomic E-state index is 0.179. The zero-order chi connectivity index (χ0) is 27.6. The van der Waals surface area contributed by atoms with Crippen molar-refractivity contribution >= 4 is 58.4 Å². The highest BCUT2D eigenvalue weighted by Crippen LogP contribution is 2.17. The van der Waals surface area contributed by atoms with Crippen molar-refractivity contribution in [2.75, 3.05) is 65.6 Å². The van der Waals surface area contributed by atoms with Gasteiger partial charge in [-0.2, -0.15) is 4.99 Å². The van der Waals surface area contributed by atoms with Crippen LogP contribution in [-0.2, 0) is 25.5 Å². The van der Waals surface area contributed by atoms with Crippen molar-refractivity contribution < 1.29 is 34.4 Å². The van der Waals surface area contributed by atoms with Crippen LogP contribution in [0.3, 0.4) is 0 Å². The number of hydrogen-bond acceptors (Lipinski definition) is 11. The van der Waals surface area contributed by atoms with E-state index in [1.165, 1.54) is 0 Å². The maximum Gasteiger partial charge on any atom is 0.317 e. The molecule has 0 aliphatic carbocycles. The Morgan fingerprint density at radius 3 is 2.00 bits per heavy atom. The number of benzene rings is 1. The molecule has 0 radical (unpaired) electrons. The van der Waals surface area contributed by atoms with E-state index in [0.29, 0.717) is 51.4 Å². The summed E-state index contributed by atoms with van der Waals surface area (Å²) in [5, 5.41) is 37.8. The summed E-state index contributed by atoms with van der Waals surface area (Å²) in [6.45, 7) is 1.62. The molecule has 1 unspecified atom stereocenters. The second-order valence-corrected chi connectivity index (χ2v) is 8.49. The molecule has 0 aromatic heterocycles. The first-order valence-corrected chi connectivity index (χ1v) is 12.1. The number of carbonyl (C=O) groups is 3. The second-order valence-electron chi connectivity index (χ2n) is 8.10.